The van der Waals surface area contributed by atoms with E-state index in [4.69, 9.17) is 4.74 Å². The number of rotatable bonds is 4. The van der Waals surface area contributed by atoms with Crippen LogP contribution in [0.5, 0.6) is 5.75 Å². The quantitative estimate of drug-likeness (QED) is 0.619. The smallest absolute Gasteiger partial charge is 0.329 e. The molecule has 0 N–H and O–H groups in total. The van der Waals surface area contributed by atoms with Crippen molar-refractivity contribution in [2.24, 2.45) is 0 Å². The van der Waals surface area contributed by atoms with Gasteiger partial charge in [-0.1, -0.05) is 30.3 Å². The van der Waals surface area contributed by atoms with Crippen LogP contribution >= 0.6 is 0 Å². The molecule has 0 saturated carbocycles. The number of para-hydroxylation sites is 1. The van der Waals surface area contributed by atoms with Gasteiger partial charge in [-0.3, -0.25) is 0 Å². The number of halogens is 1. The van der Waals surface area contributed by atoms with Crippen molar-refractivity contribution in [2.75, 3.05) is 6.54 Å². The molecule has 1 unspecified atom stereocenters. The average molecular weight is 363 g/mol. The monoisotopic (exact) mass is 363 g/mol. The molecule has 2 aromatic rings. The zero-order chi connectivity index (χ0) is 17.9. The van der Waals surface area contributed by atoms with Crippen molar-refractivity contribution in [3.05, 3.63) is 60.4 Å². The van der Waals surface area contributed by atoms with Crippen molar-refractivity contribution < 1.29 is 22.3 Å². The maximum absolute atomic E-state index is 13.7. The first-order chi connectivity index (χ1) is 12.0. The maximum Gasteiger partial charge on any atom is 0.329 e. The fourth-order valence-electron chi connectivity index (χ4n) is 2.86. The van der Waals surface area contributed by atoms with Gasteiger partial charge >= 0.3 is 5.97 Å². The normalized spacial score (nSPS) is 18.7. The number of carbonyl (C=O) groups excluding carboxylic acids is 1. The van der Waals surface area contributed by atoms with Gasteiger partial charge in [-0.15, -0.1) is 0 Å². The van der Waals surface area contributed by atoms with Gasteiger partial charge in [0.1, 0.15) is 6.04 Å². The number of carbonyl (C=O) groups is 1. The van der Waals surface area contributed by atoms with Crippen LogP contribution in [0.3, 0.4) is 0 Å². The van der Waals surface area contributed by atoms with Gasteiger partial charge in [0.2, 0.25) is 10.0 Å². The van der Waals surface area contributed by atoms with Gasteiger partial charge in [-0.25, -0.2) is 17.6 Å². The number of ether oxygens (including phenoxy) is 1. The average Bonchev–Trinajstić information content (AvgIpc) is 2.64. The lowest BCUT2D eigenvalue weighted by molar-refractivity contribution is -0.139. The van der Waals surface area contributed by atoms with Crippen molar-refractivity contribution in [2.45, 2.75) is 30.2 Å². The summed E-state index contributed by atoms with van der Waals surface area (Å²) in [5.74, 6) is -1.62. The summed E-state index contributed by atoms with van der Waals surface area (Å²) in [6.07, 6.45) is 1.72. The third kappa shape index (κ3) is 3.72. The Bertz CT molecular complexity index is 854. The van der Waals surface area contributed by atoms with Gasteiger partial charge in [0.25, 0.3) is 0 Å². The number of piperidine rings is 1. The lowest BCUT2D eigenvalue weighted by Crippen LogP contribution is -2.49. The second kappa shape index (κ2) is 7.33. The predicted molar refractivity (Wildman–Crippen MR) is 90.0 cm³/mol. The molecule has 5 nitrogen and oxygen atoms in total. The zero-order valence-corrected chi connectivity index (χ0v) is 14.3. The molecule has 1 aliphatic rings. The van der Waals surface area contributed by atoms with Crippen LogP contribution in [0.4, 0.5) is 4.39 Å². The maximum atomic E-state index is 13.7. The van der Waals surface area contributed by atoms with Crippen LogP contribution < -0.4 is 4.74 Å². The van der Waals surface area contributed by atoms with Gasteiger partial charge in [0.15, 0.2) is 11.6 Å². The van der Waals surface area contributed by atoms with Crippen molar-refractivity contribution in [1.82, 2.24) is 4.31 Å². The van der Waals surface area contributed by atoms with E-state index in [1.165, 1.54) is 30.3 Å². The van der Waals surface area contributed by atoms with Gasteiger partial charge in [0.05, 0.1) is 4.90 Å². The summed E-state index contributed by atoms with van der Waals surface area (Å²) < 4.78 is 45.7. The van der Waals surface area contributed by atoms with E-state index in [1.54, 1.807) is 24.3 Å². The van der Waals surface area contributed by atoms with Gasteiger partial charge < -0.3 is 4.74 Å². The van der Waals surface area contributed by atoms with Crippen LogP contribution in [0.1, 0.15) is 19.3 Å². The highest BCUT2D eigenvalue weighted by Crippen LogP contribution is 2.27. The fourth-order valence-corrected chi connectivity index (χ4v) is 4.53. The minimum Gasteiger partial charge on any atom is -0.422 e. The van der Waals surface area contributed by atoms with Crippen molar-refractivity contribution in [3.8, 4) is 5.75 Å². The highest BCUT2D eigenvalue weighted by atomic mass is 32.2. The molecule has 0 spiro atoms. The van der Waals surface area contributed by atoms with Crippen LogP contribution in [-0.2, 0) is 14.8 Å². The molecule has 1 saturated heterocycles. The third-order valence-electron chi connectivity index (χ3n) is 4.12. The molecule has 0 aromatic heterocycles. The molecular weight excluding hydrogens is 345 g/mol. The van der Waals surface area contributed by atoms with E-state index in [1.807, 2.05) is 0 Å². The highest BCUT2D eigenvalue weighted by molar-refractivity contribution is 7.89. The molecule has 0 aliphatic carbocycles. The first kappa shape index (κ1) is 17.6. The molecular formula is C18H18FNO4S. The van der Waals surface area contributed by atoms with E-state index >= 15 is 0 Å². The molecule has 0 radical (unpaired) electrons. The number of nitrogens with zero attached hydrogens (tertiary/aromatic N) is 1. The minimum absolute atomic E-state index is 0.126. The SMILES string of the molecule is O=C(Oc1ccccc1F)C1CCCCN1S(=O)(=O)c1ccccc1. The Kier molecular flexibility index (Phi) is 5.15. The summed E-state index contributed by atoms with van der Waals surface area (Å²) in [5.41, 5.74) is 0. The molecule has 25 heavy (non-hydrogen) atoms. The summed E-state index contributed by atoms with van der Waals surface area (Å²) in [7, 11) is -3.82. The minimum atomic E-state index is -3.82. The predicted octanol–water partition coefficient (Wildman–Crippen LogP) is 2.97. The van der Waals surface area contributed by atoms with Gasteiger partial charge in [-0.2, -0.15) is 4.31 Å². The van der Waals surface area contributed by atoms with E-state index in [0.29, 0.717) is 19.3 Å². The van der Waals surface area contributed by atoms with E-state index in [0.717, 1.165) is 4.31 Å². The largest absolute Gasteiger partial charge is 0.422 e. The van der Waals surface area contributed by atoms with E-state index in [2.05, 4.69) is 0 Å². The molecule has 132 valence electrons. The highest BCUT2D eigenvalue weighted by Gasteiger charge is 2.38. The summed E-state index contributed by atoms with van der Waals surface area (Å²) in [4.78, 5) is 12.6. The molecule has 7 heteroatoms. The van der Waals surface area contributed by atoms with E-state index in [9.17, 15) is 17.6 Å². The first-order valence-corrected chi connectivity index (χ1v) is 9.47. The number of hydrogen-bond acceptors (Lipinski definition) is 4. The zero-order valence-electron chi connectivity index (χ0n) is 13.5. The Labute approximate surface area is 146 Å². The third-order valence-corrected chi connectivity index (χ3v) is 6.05. The molecule has 0 amide bonds. The fraction of sp³-hybridized carbons (Fsp3) is 0.278. The van der Waals surface area contributed by atoms with Crippen molar-refractivity contribution in [1.29, 1.82) is 0 Å². The van der Waals surface area contributed by atoms with Crippen LogP contribution in [0.2, 0.25) is 0 Å². The number of esters is 1. The molecule has 0 bridgehead atoms. The standard InChI is InChI=1S/C18H18FNO4S/c19-15-10-4-5-12-17(15)24-18(21)16-11-6-7-13-20(16)25(22,23)14-8-2-1-3-9-14/h1-5,8-10,12,16H,6-7,11,13H2. The van der Waals surface area contributed by atoms with Crippen molar-refractivity contribution >= 4 is 16.0 Å². The molecule has 1 aliphatic heterocycles. The van der Waals surface area contributed by atoms with Crippen LogP contribution in [0, 0.1) is 5.82 Å². The van der Waals surface area contributed by atoms with Gasteiger partial charge in [-0.05, 0) is 43.5 Å². The van der Waals surface area contributed by atoms with Crippen LogP contribution in [0.25, 0.3) is 0 Å². The van der Waals surface area contributed by atoms with Crippen LogP contribution in [-0.4, -0.2) is 31.3 Å². The summed E-state index contributed by atoms with van der Waals surface area (Å²) >= 11 is 0. The number of hydrogen-bond donors (Lipinski definition) is 0. The second-order valence-corrected chi connectivity index (χ2v) is 7.68. The van der Waals surface area contributed by atoms with Gasteiger partial charge in [0, 0.05) is 6.54 Å². The number of sulfonamides is 1. The Morgan fingerprint density at radius 1 is 1.04 bits per heavy atom. The summed E-state index contributed by atoms with van der Waals surface area (Å²) in [6.45, 7) is 0.230. The second-order valence-electron chi connectivity index (χ2n) is 5.79. The summed E-state index contributed by atoms with van der Waals surface area (Å²) in [5, 5.41) is 0. The van der Waals surface area contributed by atoms with Crippen molar-refractivity contribution in [3.63, 3.8) is 0 Å². The Hall–Kier alpha value is -2.25. The first-order valence-electron chi connectivity index (χ1n) is 8.03. The molecule has 1 atom stereocenters. The Morgan fingerprint density at radius 3 is 2.44 bits per heavy atom. The topological polar surface area (TPSA) is 63.7 Å². The Morgan fingerprint density at radius 2 is 1.72 bits per heavy atom. The molecule has 3 rings (SSSR count). The van der Waals surface area contributed by atoms with E-state index < -0.39 is 27.9 Å². The molecule has 2 aromatic carbocycles. The van der Waals surface area contributed by atoms with Crippen LogP contribution in [0.15, 0.2) is 59.5 Å². The number of benzene rings is 2. The summed E-state index contributed by atoms with van der Waals surface area (Å²) in [6, 6.07) is 12.6. The van der Waals surface area contributed by atoms with E-state index in [-0.39, 0.29) is 17.2 Å². The Balaban J connectivity index is 1.86. The molecule has 1 fully saturated rings. The molecule has 1 heterocycles. The lowest BCUT2D eigenvalue weighted by atomic mass is 10.1. The lowest BCUT2D eigenvalue weighted by Gasteiger charge is -2.32.